The first kappa shape index (κ1) is 15.4. The number of aliphatic hydroxyl groups is 1. The number of hydrogen-bond acceptors (Lipinski definition) is 3. The molecule has 1 unspecified atom stereocenters. The van der Waals surface area contributed by atoms with Gasteiger partial charge in [-0.05, 0) is 24.8 Å². The van der Waals surface area contributed by atoms with Gasteiger partial charge in [0.2, 0.25) is 0 Å². The quantitative estimate of drug-likeness (QED) is 0.892. The first-order valence-electron chi connectivity index (χ1n) is 8.77. The molecule has 2 aromatic rings. The van der Waals surface area contributed by atoms with Crippen LogP contribution >= 0.6 is 0 Å². The summed E-state index contributed by atoms with van der Waals surface area (Å²) in [6, 6.07) is 10.0. The average molecular weight is 325 g/mol. The van der Waals surface area contributed by atoms with E-state index in [1.54, 1.807) is 6.20 Å². The molecule has 126 valence electrons. The SMILES string of the molecule is O=C(c1cnc[nH]1)N1CCC(O)(c2ccccc2)[C@H]2CCCC[C@H]21. The van der Waals surface area contributed by atoms with E-state index in [9.17, 15) is 9.90 Å². The first-order valence-corrected chi connectivity index (χ1v) is 8.77. The average Bonchev–Trinajstić information content (AvgIpc) is 3.17. The van der Waals surface area contributed by atoms with Crippen LogP contribution in [0.2, 0.25) is 0 Å². The largest absolute Gasteiger partial charge is 0.385 e. The Morgan fingerprint density at radius 3 is 2.79 bits per heavy atom. The van der Waals surface area contributed by atoms with Crippen LogP contribution in [-0.2, 0) is 5.60 Å². The molecular weight excluding hydrogens is 302 g/mol. The second kappa shape index (κ2) is 6.06. The maximum absolute atomic E-state index is 12.8. The number of likely N-dealkylation sites (tertiary alicyclic amines) is 1. The number of rotatable bonds is 2. The summed E-state index contributed by atoms with van der Waals surface area (Å²) in [6.45, 7) is 0.574. The predicted molar refractivity (Wildman–Crippen MR) is 90.3 cm³/mol. The van der Waals surface area contributed by atoms with E-state index >= 15 is 0 Å². The van der Waals surface area contributed by atoms with Crippen LogP contribution < -0.4 is 0 Å². The van der Waals surface area contributed by atoms with Gasteiger partial charge >= 0.3 is 0 Å². The van der Waals surface area contributed by atoms with E-state index in [2.05, 4.69) is 9.97 Å². The highest BCUT2D eigenvalue weighted by Crippen LogP contribution is 2.47. The zero-order valence-corrected chi connectivity index (χ0v) is 13.7. The number of hydrogen-bond donors (Lipinski definition) is 2. The van der Waals surface area contributed by atoms with Crippen LogP contribution in [0.5, 0.6) is 0 Å². The summed E-state index contributed by atoms with van der Waals surface area (Å²) in [5.74, 6) is 0.0915. The van der Waals surface area contributed by atoms with Crippen molar-refractivity contribution in [2.45, 2.75) is 43.7 Å². The molecule has 2 heterocycles. The molecule has 24 heavy (non-hydrogen) atoms. The smallest absolute Gasteiger partial charge is 0.272 e. The maximum atomic E-state index is 12.8. The van der Waals surface area contributed by atoms with Crippen LogP contribution in [-0.4, -0.2) is 38.5 Å². The third kappa shape index (κ3) is 2.44. The van der Waals surface area contributed by atoms with Crippen LogP contribution in [0.25, 0.3) is 0 Å². The number of H-pyrrole nitrogens is 1. The second-order valence-corrected chi connectivity index (χ2v) is 6.96. The monoisotopic (exact) mass is 325 g/mol. The van der Waals surface area contributed by atoms with Crippen LogP contribution in [0.1, 0.15) is 48.2 Å². The number of amides is 1. The highest BCUT2D eigenvalue weighted by atomic mass is 16.3. The van der Waals surface area contributed by atoms with Crippen molar-refractivity contribution in [3.05, 3.63) is 54.1 Å². The number of fused-ring (bicyclic) bond motifs is 1. The molecule has 1 amide bonds. The molecule has 2 aliphatic rings. The Bertz CT molecular complexity index is 701. The summed E-state index contributed by atoms with van der Waals surface area (Å²) in [6.07, 6.45) is 7.84. The number of aromatic amines is 1. The molecule has 2 N–H and O–H groups in total. The first-order chi connectivity index (χ1) is 11.7. The molecule has 0 radical (unpaired) electrons. The van der Waals surface area contributed by atoms with Crippen molar-refractivity contribution in [1.29, 1.82) is 0 Å². The molecule has 5 nitrogen and oxygen atoms in total. The minimum absolute atomic E-state index is 0.000452. The van der Waals surface area contributed by atoms with E-state index in [1.807, 2.05) is 35.2 Å². The molecule has 0 bridgehead atoms. The Kier molecular flexibility index (Phi) is 3.88. The van der Waals surface area contributed by atoms with Crippen molar-refractivity contribution >= 4 is 5.91 Å². The van der Waals surface area contributed by atoms with Gasteiger partial charge in [0, 0.05) is 18.5 Å². The minimum Gasteiger partial charge on any atom is -0.385 e. The Hall–Kier alpha value is -2.14. The molecule has 3 atom stereocenters. The van der Waals surface area contributed by atoms with Crippen molar-refractivity contribution < 1.29 is 9.90 Å². The van der Waals surface area contributed by atoms with Crippen molar-refractivity contribution in [2.75, 3.05) is 6.54 Å². The van der Waals surface area contributed by atoms with Gasteiger partial charge in [0.1, 0.15) is 5.69 Å². The van der Waals surface area contributed by atoms with Gasteiger partial charge in [0.15, 0.2) is 0 Å². The molecule has 5 heteroatoms. The van der Waals surface area contributed by atoms with Crippen molar-refractivity contribution in [3.8, 4) is 0 Å². The van der Waals surface area contributed by atoms with Crippen molar-refractivity contribution in [2.24, 2.45) is 5.92 Å². The lowest BCUT2D eigenvalue weighted by Gasteiger charge is -2.52. The fourth-order valence-corrected chi connectivity index (χ4v) is 4.55. The number of nitrogens with one attached hydrogen (secondary N) is 1. The number of piperidine rings is 1. The van der Waals surface area contributed by atoms with Crippen molar-refractivity contribution in [3.63, 3.8) is 0 Å². The molecule has 1 aromatic heterocycles. The molecule has 2 fully saturated rings. The number of carbonyl (C=O) groups is 1. The molecule has 0 spiro atoms. The van der Waals surface area contributed by atoms with E-state index in [4.69, 9.17) is 0 Å². The summed E-state index contributed by atoms with van der Waals surface area (Å²) in [7, 11) is 0. The summed E-state index contributed by atoms with van der Waals surface area (Å²) in [5, 5.41) is 11.5. The normalized spacial score (nSPS) is 30.0. The Labute approximate surface area is 141 Å². The highest BCUT2D eigenvalue weighted by molar-refractivity contribution is 5.92. The second-order valence-electron chi connectivity index (χ2n) is 6.96. The molecule has 1 aliphatic carbocycles. The lowest BCUT2D eigenvalue weighted by atomic mass is 9.66. The van der Waals surface area contributed by atoms with Gasteiger partial charge < -0.3 is 15.0 Å². The van der Waals surface area contributed by atoms with Gasteiger partial charge in [0.25, 0.3) is 5.91 Å². The molecule has 4 rings (SSSR count). The number of benzene rings is 1. The number of imidazole rings is 1. The minimum atomic E-state index is -0.836. The van der Waals surface area contributed by atoms with Gasteiger partial charge in [-0.2, -0.15) is 0 Å². The Morgan fingerprint density at radius 1 is 1.25 bits per heavy atom. The van der Waals surface area contributed by atoms with Gasteiger partial charge in [-0.1, -0.05) is 43.2 Å². The van der Waals surface area contributed by atoms with E-state index < -0.39 is 5.60 Å². The highest BCUT2D eigenvalue weighted by Gasteiger charge is 2.50. The Morgan fingerprint density at radius 2 is 2.04 bits per heavy atom. The Balaban J connectivity index is 1.66. The number of carbonyl (C=O) groups excluding carboxylic acids is 1. The van der Waals surface area contributed by atoms with Gasteiger partial charge in [0.05, 0.1) is 18.1 Å². The molecular formula is C19H23N3O2. The van der Waals surface area contributed by atoms with E-state index in [0.717, 1.165) is 31.2 Å². The fourth-order valence-electron chi connectivity index (χ4n) is 4.55. The molecule has 1 saturated heterocycles. The lowest BCUT2D eigenvalue weighted by Crippen LogP contribution is -2.59. The van der Waals surface area contributed by atoms with Crippen LogP contribution in [0, 0.1) is 5.92 Å². The molecule has 1 saturated carbocycles. The van der Waals surface area contributed by atoms with Gasteiger partial charge in [-0.3, -0.25) is 4.79 Å². The fraction of sp³-hybridized carbons (Fsp3) is 0.474. The van der Waals surface area contributed by atoms with Crippen molar-refractivity contribution in [1.82, 2.24) is 14.9 Å². The zero-order chi connectivity index (χ0) is 16.6. The summed E-state index contributed by atoms with van der Waals surface area (Å²) >= 11 is 0. The third-order valence-electron chi connectivity index (χ3n) is 5.74. The van der Waals surface area contributed by atoms with Gasteiger partial charge in [-0.15, -0.1) is 0 Å². The summed E-state index contributed by atoms with van der Waals surface area (Å²) < 4.78 is 0. The van der Waals surface area contributed by atoms with Crippen LogP contribution in [0.4, 0.5) is 0 Å². The van der Waals surface area contributed by atoms with Gasteiger partial charge in [-0.25, -0.2) is 4.98 Å². The molecule has 1 aromatic carbocycles. The van der Waals surface area contributed by atoms with E-state index in [-0.39, 0.29) is 17.9 Å². The van der Waals surface area contributed by atoms with Crippen LogP contribution in [0.3, 0.4) is 0 Å². The molecule has 1 aliphatic heterocycles. The number of aromatic nitrogens is 2. The predicted octanol–water partition coefficient (Wildman–Crippen LogP) is 2.70. The summed E-state index contributed by atoms with van der Waals surface area (Å²) in [4.78, 5) is 21.7. The maximum Gasteiger partial charge on any atom is 0.272 e. The van der Waals surface area contributed by atoms with E-state index in [0.29, 0.717) is 18.7 Å². The lowest BCUT2D eigenvalue weighted by molar-refractivity contribution is -0.110. The zero-order valence-electron chi connectivity index (χ0n) is 13.7. The summed E-state index contributed by atoms with van der Waals surface area (Å²) in [5.41, 5.74) is 0.678. The number of nitrogens with zero attached hydrogens (tertiary/aromatic N) is 2. The standard InChI is InChI=1S/C19H23N3O2/c23-18(16-12-20-13-21-16)22-11-10-19(24,14-6-2-1-3-7-14)15-8-4-5-9-17(15)22/h1-3,6-7,12-13,15,17,24H,4-5,8-11H2,(H,20,21)/t15-,17+,19?/m0/s1. The third-order valence-corrected chi connectivity index (χ3v) is 5.74. The topological polar surface area (TPSA) is 69.2 Å². The van der Waals surface area contributed by atoms with E-state index in [1.165, 1.54) is 6.33 Å². The van der Waals surface area contributed by atoms with Crippen LogP contribution in [0.15, 0.2) is 42.9 Å².